The molecule has 0 saturated heterocycles. The lowest BCUT2D eigenvalue weighted by molar-refractivity contribution is 0.706. The molecule has 3 aromatic rings. The lowest BCUT2D eigenvalue weighted by Crippen LogP contribution is -2.18. The van der Waals surface area contributed by atoms with E-state index in [9.17, 15) is 0 Å². The summed E-state index contributed by atoms with van der Waals surface area (Å²) in [4.78, 5) is 20.4. The van der Waals surface area contributed by atoms with Crippen molar-refractivity contribution in [2.75, 3.05) is 24.3 Å². The summed E-state index contributed by atoms with van der Waals surface area (Å²) >= 11 is 0. The van der Waals surface area contributed by atoms with Gasteiger partial charge in [0.15, 0.2) is 0 Å². The number of anilines is 2. The molecule has 1 aliphatic carbocycles. The third-order valence-corrected chi connectivity index (χ3v) is 4.54. The van der Waals surface area contributed by atoms with Crippen molar-refractivity contribution >= 4 is 22.9 Å². The van der Waals surface area contributed by atoms with Gasteiger partial charge in [-0.1, -0.05) is 26.0 Å². The smallest absolute Gasteiger partial charge is 0.229 e. The van der Waals surface area contributed by atoms with Crippen LogP contribution in [0.25, 0.3) is 11.0 Å². The molecule has 0 unspecified atom stereocenters. The predicted molar refractivity (Wildman–Crippen MR) is 104 cm³/mol. The normalized spacial score (nSPS) is 14.2. The van der Waals surface area contributed by atoms with Gasteiger partial charge in [-0.15, -0.1) is 0 Å². The number of nitrogens with zero attached hydrogens (tertiary/aromatic N) is 6. The van der Waals surface area contributed by atoms with Gasteiger partial charge in [0.1, 0.15) is 11.6 Å². The van der Waals surface area contributed by atoms with Gasteiger partial charge in [-0.3, -0.25) is 0 Å². The summed E-state index contributed by atoms with van der Waals surface area (Å²) in [5.41, 5.74) is 2.25. The van der Waals surface area contributed by atoms with E-state index in [1.807, 2.05) is 25.1 Å². The largest absolute Gasteiger partial charge is 0.347 e. The van der Waals surface area contributed by atoms with Gasteiger partial charge in [0.25, 0.3) is 0 Å². The molecule has 0 spiro atoms. The Labute approximate surface area is 153 Å². The maximum atomic E-state index is 4.82. The number of aromatic nitrogens is 5. The Hall–Kier alpha value is -2.70. The lowest BCUT2D eigenvalue weighted by Gasteiger charge is -2.15. The second-order valence-corrected chi connectivity index (χ2v) is 7.34. The maximum absolute atomic E-state index is 4.82. The highest BCUT2D eigenvalue weighted by Gasteiger charge is 2.28. The second-order valence-electron chi connectivity index (χ2n) is 7.34. The fourth-order valence-electron chi connectivity index (χ4n) is 3.04. The SMILES string of the molecule is CC(C)c1nc(NCc2nc3ccccc3n2C2CC2)nc(N(C)C)n1. The minimum absolute atomic E-state index is 0.244. The van der Waals surface area contributed by atoms with E-state index in [2.05, 4.69) is 56.9 Å². The molecule has 0 radical (unpaired) electrons. The molecule has 0 amide bonds. The number of benzene rings is 1. The van der Waals surface area contributed by atoms with E-state index < -0.39 is 0 Å². The average molecular weight is 351 g/mol. The fourth-order valence-corrected chi connectivity index (χ4v) is 3.04. The van der Waals surface area contributed by atoms with Gasteiger partial charge in [0, 0.05) is 26.1 Å². The van der Waals surface area contributed by atoms with Crippen molar-refractivity contribution in [1.82, 2.24) is 24.5 Å². The first kappa shape index (κ1) is 16.8. The van der Waals surface area contributed by atoms with Crippen LogP contribution in [0.4, 0.5) is 11.9 Å². The molecule has 136 valence electrons. The number of fused-ring (bicyclic) bond motifs is 1. The van der Waals surface area contributed by atoms with Crippen molar-refractivity contribution in [2.24, 2.45) is 0 Å². The zero-order chi connectivity index (χ0) is 18.3. The van der Waals surface area contributed by atoms with Gasteiger partial charge in [0.05, 0.1) is 17.6 Å². The van der Waals surface area contributed by atoms with Gasteiger partial charge < -0.3 is 14.8 Å². The van der Waals surface area contributed by atoms with Crippen molar-refractivity contribution in [1.29, 1.82) is 0 Å². The Balaban J connectivity index is 1.63. The van der Waals surface area contributed by atoms with E-state index in [1.165, 1.54) is 18.4 Å². The van der Waals surface area contributed by atoms with Crippen molar-refractivity contribution in [2.45, 2.75) is 45.2 Å². The van der Waals surface area contributed by atoms with E-state index in [-0.39, 0.29) is 5.92 Å². The standard InChI is InChI=1S/C19H25N7/c1-12(2)17-22-18(24-19(23-17)25(3)4)20-11-16-21-14-7-5-6-8-15(14)26(16)13-9-10-13/h5-8,12-13H,9-11H2,1-4H3,(H,20,22,23,24). The van der Waals surface area contributed by atoms with Crippen LogP contribution in [0.2, 0.25) is 0 Å². The molecule has 26 heavy (non-hydrogen) atoms. The molecular formula is C19H25N7. The molecule has 2 aromatic heterocycles. The van der Waals surface area contributed by atoms with Crippen LogP contribution in [-0.2, 0) is 6.54 Å². The summed E-state index contributed by atoms with van der Waals surface area (Å²) in [6.45, 7) is 4.77. The molecule has 4 rings (SSSR count). The molecule has 1 aromatic carbocycles. The Morgan fingerprint density at radius 3 is 2.58 bits per heavy atom. The number of nitrogens with one attached hydrogen (secondary N) is 1. The molecule has 7 heteroatoms. The number of para-hydroxylation sites is 2. The van der Waals surface area contributed by atoms with E-state index in [4.69, 9.17) is 4.98 Å². The van der Waals surface area contributed by atoms with Crippen molar-refractivity contribution in [3.8, 4) is 0 Å². The first-order chi connectivity index (χ1) is 12.5. The molecule has 1 aliphatic rings. The van der Waals surface area contributed by atoms with Crippen LogP contribution in [0, 0.1) is 0 Å². The maximum Gasteiger partial charge on any atom is 0.229 e. The van der Waals surface area contributed by atoms with Crippen LogP contribution in [0.5, 0.6) is 0 Å². The summed E-state index contributed by atoms with van der Waals surface area (Å²) in [7, 11) is 3.88. The van der Waals surface area contributed by atoms with Crippen LogP contribution in [0.3, 0.4) is 0 Å². The first-order valence-electron chi connectivity index (χ1n) is 9.16. The third kappa shape index (κ3) is 3.21. The van der Waals surface area contributed by atoms with Gasteiger partial charge in [-0.2, -0.15) is 15.0 Å². The second kappa shape index (κ2) is 6.55. The monoisotopic (exact) mass is 351 g/mol. The summed E-state index contributed by atoms with van der Waals surface area (Å²) < 4.78 is 2.36. The van der Waals surface area contributed by atoms with Gasteiger partial charge in [-0.25, -0.2) is 4.98 Å². The van der Waals surface area contributed by atoms with Crippen LogP contribution in [0.1, 0.15) is 50.3 Å². The summed E-state index contributed by atoms with van der Waals surface area (Å²) in [5, 5.41) is 3.36. The molecule has 1 saturated carbocycles. The number of imidazole rings is 1. The third-order valence-electron chi connectivity index (χ3n) is 4.54. The molecule has 2 heterocycles. The van der Waals surface area contributed by atoms with Crippen molar-refractivity contribution < 1.29 is 0 Å². The van der Waals surface area contributed by atoms with Crippen molar-refractivity contribution in [3.63, 3.8) is 0 Å². The molecule has 0 atom stereocenters. The Bertz CT molecular complexity index is 899. The van der Waals surface area contributed by atoms with E-state index in [1.54, 1.807) is 0 Å². The Kier molecular flexibility index (Phi) is 4.22. The lowest BCUT2D eigenvalue weighted by atomic mass is 10.2. The van der Waals surface area contributed by atoms with E-state index in [0.717, 1.165) is 17.2 Å². The number of hydrogen-bond donors (Lipinski definition) is 1. The van der Waals surface area contributed by atoms with Crippen molar-refractivity contribution in [3.05, 3.63) is 35.9 Å². The molecule has 0 bridgehead atoms. The highest BCUT2D eigenvalue weighted by molar-refractivity contribution is 5.76. The minimum atomic E-state index is 0.244. The zero-order valence-corrected chi connectivity index (χ0v) is 15.8. The molecule has 0 aliphatic heterocycles. The minimum Gasteiger partial charge on any atom is -0.347 e. The molecule has 7 nitrogen and oxygen atoms in total. The Morgan fingerprint density at radius 2 is 1.88 bits per heavy atom. The summed E-state index contributed by atoms with van der Waals surface area (Å²) in [6, 6.07) is 8.90. The van der Waals surface area contributed by atoms with Crippen LogP contribution in [-0.4, -0.2) is 38.6 Å². The number of rotatable bonds is 6. The highest BCUT2D eigenvalue weighted by Crippen LogP contribution is 2.38. The predicted octanol–water partition coefficient (Wildman–Crippen LogP) is 3.36. The summed E-state index contributed by atoms with van der Waals surface area (Å²) in [5.74, 6) is 3.34. The highest BCUT2D eigenvalue weighted by atomic mass is 15.3. The first-order valence-corrected chi connectivity index (χ1v) is 9.16. The molecule has 1 N–H and O–H groups in total. The Morgan fingerprint density at radius 1 is 1.12 bits per heavy atom. The zero-order valence-electron chi connectivity index (χ0n) is 15.8. The summed E-state index contributed by atoms with van der Waals surface area (Å²) in [6.07, 6.45) is 2.45. The van der Waals surface area contributed by atoms with E-state index in [0.29, 0.717) is 24.5 Å². The quantitative estimate of drug-likeness (QED) is 0.734. The average Bonchev–Trinajstić information content (AvgIpc) is 3.39. The van der Waals surface area contributed by atoms with E-state index >= 15 is 0 Å². The van der Waals surface area contributed by atoms with Crippen LogP contribution in [0.15, 0.2) is 24.3 Å². The van der Waals surface area contributed by atoms with Gasteiger partial charge in [-0.05, 0) is 25.0 Å². The fraction of sp³-hybridized carbons (Fsp3) is 0.474. The van der Waals surface area contributed by atoms with Crippen LogP contribution >= 0.6 is 0 Å². The van der Waals surface area contributed by atoms with Gasteiger partial charge in [0.2, 0.25) is 11.9 Å². The van der Waals surface area contributed by atoms with Crippen LogP contribution < -0.4 is 10.2 Å². The van der Waals surface area contributed by atoms with Gasteiger partial charge >= 0.3 is 0 Å². The number of hydrogen-bond acceptors (Lipinski definition) is 6. The molecule has 1 fully saturated rings. The molecular weight excluding hydrogens is 326 g/mol. The topological polar surface area (TPSA) is 71.8 Å².